The molecule has 0 aromatic heterocycles. The molecular formula is C17H26ClN3O3S. The summed E-state index contributed by atoms with van der Waals surface area (Å²) in [6, 6.07) is 5.29. The quantitative estimate of drug-likeness (QED) is 0.825. The fourth-order valence-corrected chi connectivity index (χ4v) is 5.10. The molecule has 0 aliphatic carbocycles. The van der Waals surface area contributed by atoms with Crippen LogP contribution in [0.3, 0.4) is 0 Å². The third kappa shape index (κ3) is 4.34. The number of amides is 1. The fourth-order valence-electron chi connectivity index (χ4n) is 3.52. The van der Waals surface area contributed by atoms with Crippen LogP contribution in [0.4, 0.5) is 0 Å². The second-order valence-corrected chi connectivity index (χ2v) is 8.64. The highest BCUT2D eigenvalue weighted by Crippen LogP contribution is 2.24. The molecule has 0 bridgehead atoms. The van der Waals surface area contributed by atoms with Crippen LogP contribution in [0, 0.1) is 0 Å². The Hall–Kier alpha value is -1.15. The molecule has 8 heteroatoms. The number of rotatable bonds is 2. The van der Waals surface area contributed by atoms with E-state index < -0.39 is 10.0 Å². The van der Waals surface area contributed by atoms with E-state index in [1.54, 1.807) is 19.1 Å². The largest absolute Gasteiger partial charge is 0.342 e. The van der Waals surface area contributed by atoms with E-state index in [2.05, 4.69) is 0 Å². The van der Waals surface area contributed by atoms with Gasteiger partial charge in [0.05, 0.1) is 4.90 Å². The van der Waals surface area contributed by atoms with E-state index >= 15 is 0 Å². The van der Waals surface area contributed by atoms with Gasteiger partial charge in [-0.25, -0.2) is 8.42 Å². The molecule has 0 spiro atoms. The van der Waals surface area contributed by atoms with Crippen molar-refractivity contribution < 1.29 is 13.2 Å². The summed E-state index contributed by atoms with van der Waals surface area (Å²) < 4.78 is 27.3. The van der Waals surface area contributed by atoms with Crippen molar-refractivity contribution in [3.05, 3.63) is 29.3 Å². The molecule has 2 aliphatic heterocycles. The molecule has 1 amide bonds. The predicted molar refractivity (Wildman–Crippen MR) is 99.3 cm³/mol. The Kier molecular flexibility index (Phi) is 6.48. The number of nitrogens with two attached hydrogens (primary N) is 1. The zero-order chi connectivity index (χ0) is 17.3. The maximum absolute atomic E-state index is 12.9. The zero-order valence-corrected chi connectivity index (χ0v) is 16.1. The van der Waals surface area contributed by atoms with Gasteiger partial charge in [0.15, 0.2) is 0 Å². The molecular weight excluding hydrogens is 362 g/mol. The molecule has 3 rings (SSSR count). The molecule has 1 fully saturated rings. The average molecular weight is 388 g/mol. The first-order valence-electron chi connectivity index (χ1n) is 8.51. The number of benzene rings is 1. The lowest BCUT2D eigenvalue weighted by Gasteiger charge is -2.30. The number of fused-ring (bicyclic) bond motifs is 1. The molecule has 140 valence electrons. The summed E-state index contributed by atoms with van der Waals surface area (Å²) in [5.74, 6) is 0.0676. The van der Waals surface area contributed by atoms with Crippen LogP contribution in [-0.2, 0) is 27.7 Å². The smallest absolute Gasteiger partial charge is 0.243 e. The van der Waals surface area contributed by atoms with Crippen molar-refractivity contribution in [1.29, 1.82) is 0 Å². The standard InChI is InChI=1S/C17H25N3O3S.ClH/c1-13(21)19-9-6-14-4-5-17(11-15(14)7-10-19)24(22,23)20-8-2-3-16(18)12-20;/h4-5,11,16H,2-3,6-10,12,18H2,1H3;1H/t16-;/m1./s1. The first-order chi connectivity index (χ1) is 11.4. The molecule has 1 saturated heterocycles. The molecule has 2 aliphatic rings. The van der Waals surface area contributed by atoms with E-state index in [1.165, 1.54) is 4.31 Å². The van der Waals surface area contributed by atoms with Gasteiger partial charge in [-0.3, -0.25) is 4.79 Å². The van der Waals surface area contributed by atoms with E-state index in [9.17, 15) is 13.2 Å². The minimum Gasteiger partial charge on any atom is -0.342 e. The van der Waals surface area contributed by atoms with Gasteiger partial charge in [0.25, 0.3) is 0 Å². The van der Waals surface area contributed by atoms with Crippen LogP contribution in [-0.4, -0.2) is 55.8 Å². The Morgan fingerprint density at radius 1 is 1.16 bits per heavy atom. The van der Waals surface area contributed by atoms with Crippen LogP contribution in [0.15, 0.2) is 23.1 Å². The van der Waals surface area contributed by atoms with Gasteiger partial charge in [-0.2, -0.15) is 4.31 Å². The number of nitrogens with zero attached hydrogens (tertiary/aromatic N) is 2. The average Bonchev–Trinajstić information content (AvgIpc) is 2.76. The topological polar surface area (TPSA) is 83.7 Å². The number of hydrogen-bond acceptors (Lipinski definition) is 4. The highest BCUT2D eigenvalue weighted by molar-refractivity contribution is 7.89. The van der Waals surface area contributed by atoms with Crippen LogP contribution in [0.2, 0.25) is 0 Å². The summed E-state index contributed by atoms with van der Waals surface area (Å²) in [5, 5.41) is 0. The minimum absolute atomic E-state index is 0. The number of sulfonamides is 1. The van der Waals surface area contributed by atoms with Gasteiger partial charge >= 0.3 is 0 Å². The second-order valence-electron chi connectivity index (χ2n) is 6.70. The van der Waals surface area contributed by atoms with Gasteiger partial charge < -0.3 is 10.6 Å². The van der Waals surface area contributed by atoms with Crippen LogP contribution in [0.5, 0.6) is 0 Å². The highest BCUT2D eigenvalue weighted by Gasteiger charge is 2.29. The Bertz CT molecular complexity index is 739. The second kappa shape index (κ2) is 8.03. The van der Waals surface area contributed by atoms with Crippen LogP contribution in [0.25, 0.3) is 0 Å². The lowest BCUT2D eigenvalue weighted by Crippen LogP contribution is -2.45. The summed E-state index contributed by atoms with van der Waals surface area (Å²) in [7, 11) is -3.50. The normalized spacial score (nSPS) is 21.8. The molecule has 25 heavy (non-hydrogen) atoms. The number of hydrogen-bond donors (Lipinski definition) is 1. The van der Waals surface area contributed by atoms with Gasteiger partial charge in [-0.15, -0.1) is 12.4 Å². The molecule has 0 saturated carbocycles. The van der Waals surface area contributed by atoms with Crippen molar-refractivity contribution in [2.45, 2.75) is 43.5 Å². The highest BCUT2D eigenvalue weighted by atomic mass is 35.5. The first kappa shape index (κ1) is 20.2. The molecule has 6 nitrogen and oxygen atoms in total. The third-order valence-corrected chi connectivity index (χ3v) is 6.84. The Labute approximate surface area is 155 Å². The maximum Gasteiger partial charge on any atom is 0.243 e. The summed E-state index contributed by atoms with van der Waals surface area (Å²) in [6.07, 6.45) is 3.14. The fraction of sp³-hybridized carbons (Fsp3) is 0.588. The molecule has 2 heterocycles. The van der Waals surface area contributed by atoms with Gasteiger partial charge in [0.1, 0.15) is 0 Å². The van der Waals surface area contributed by atoms with Crippen LogP contribution >= 0.6 is 12.4 Å². The monoisotopic (exact) mass is 387 g/mol. The number of halogens is 1. The molecule has 1 aromatic carbocycles. The first-order valence-corrected chi connectivity index (χ1v) is 9.95. The molecule has 0 unspecified atom stereocenters. The minimum atomic E-state index is -3.50. The van der Waals surface area contributed by atoms with Crippen molar-refractivity contribution in [2.24, 2.45) is 5.73 Å². The Morgan fingerprint density at radius 3 is 2.48 bits per heavy atom. The SMILES string of the molecule is CC(=O)N1CCc2ccc(S(=O)(=O)N3CCC[C@@H](N)C3)cc2CC1.Cl. The van der Waals surface area contributed by atoms with Crippen molar-refractivity contribution >= 4 is 28.3 Å². The Morgan fingerprint density at radius 2 is 1.84 bits per heavy atom. The summed E-state index contributed by atoms with van der Waals surface area (Å²) in [6.45, 7) is 3.82. The van der Waals surface area contributed by atoms with E-state index in [0.29, 0.717) is 37.5 Å². The van der Waals surface area contributed by atoms with Crippen LogP contribution in [0.1, 0.15) is 30.9 Å². The summed E-state index contributed by atoms with van der Waals surface area (Å²) >= 11 is 0. The van der Waals surface area contributed by atoms with E-state index in [-0.39, 0.29) is 24.4 Å². The summed E-state index contributed by atoms with van der Waals surface area (Å²) in [5.41, 5.74) is 8.09. The maximum atomic E-state index is 12.9. The molecule has 0 radical (unpaired) electrons. The molecule has 1 aromatic rings. The predicted octanol–water partition coefficient (Wildman–Crippen LogP) is 1.17. The number of carbonyl (C=O) groups is 1. The Balaban J connectivity index is 0.00000225. The van der Waals surface area contributed by atoms with Crippen molar-refractivity contribution in [3.8, 4) is 0 Å². The lowest BCUT2D eigenvalue weighted by molar-refractivity contribution is -0.128. The third-order valence-electron chi connectivity index (χ3n) is 4.98. The van der Waals surface area contributed by atoms with Gasteiger partial charge in [0, 0.05) is 39.1 Å². The van der Waals surface area contributed by atoms with Crippen molar-refractivity contribution in [2.75, 3.05) is 26.2 Å². The molecule has 2 N–H and O–H groups in total. The van der Waals surface area contributed by atoms with Gasteiger partial charge in [0.2, 0.25) is 15.9 Å². The van der Waals surface area contributed by atoms with E-state index in [4.69, 9.17) is 5.73 Å². The number of piperidine rings is 1. The van der Waals surface area contributed by atoms with Crippen molar-refractivity contribution in [1.82, 2.24) is 9.21 Å². The van der Waals surface area contributed by atoms with Crippen LogP contribution < -0.4 is 5.73 Å². The van der Waals surface area contributed by atoms with E-state index in [0.717, 1.165) is 30.4 Å². The lowest BCUT2D eigenvalue weighted by atomic mass is 10.0. The number of carbonyl (C=O) groups excluding carboxylic acids is 1. The van der Waals surface area contributed by atoms with E-state index in [1.807, 2.05) is 11.0 Å². The zero-order valence-electron chi connectivity index (χ0n) is 14.5. The van der Waals surface area contributed by atoms with Gasteiger partial charge in [-0.05, 0) is 48.9 Å². The summed E-state index contributed by atoms with van der Waals surface area (Å²) in [4.78, 5) is 13.7. The van der Waals surface area contributed by atoms with Crippen molar-refractivity contribution in [3.63, 3.8) is 0 Å². The molecule has 1 atom stereocenters. The van der Waals surface area contributed by atoms with Gasteiger partial charge in [-0.1, -0.05) is 6.07 Å².